The van der Waals surface area contributed by atoms with Gasteiger partial charge in [0.25, 0.3) is 10.0 Å². The molecule has 3 fully saturated rings. The van der Waals surface area contributed by atoms with Gasteiger partial charge in [-0.1, -0.05) is 6.07 Å². The third-order valence-corrected chi connectivity index (χ3v) is 8.17. The van der Waals surface area contributed by atoms with Crippen molar-refractivity contribution in [3.63, 3.8) is 0 Å². The molecule has 0 bridgehead atoms. The number of benzene rings is 1. The first kappa shape index (κ1) is 23.4. The molecule has 1 saturated carbocycles. The lowest BCUT2D eigenvalue weighted by Crippen LogP contribution is -2.44. The van der Waals surface area contributed by atoms with Crippen LogP contribution in [0.3, 0.4) is 0 Å². The minimum Gasteiger partial charge on any atom is -0.406 e. The second-order valence-electron chi connectivity index (χ2n) is 9.18. The second-order valence-corrected chi connectivity index (χ2v) is 11.1. The summed E-state index contributed by atoms with van der Waals surface area (Å²) >= 11 is 0. The van der Waals surface area contributed by atoms with Crippen LogP contribution >= 0.6 is 0 Å². The minimum atomic E-state index is -4.81. The van der Waals surface area contributed by atoms with Crippen LogP contribution in [0.4, 0.5) is 18.9 Å². The lowest BCUT2D eigenvalue weighted by molar-refractivity contribution is -0.274. The first-order chi connectivity index (χ1) is 16.0. The summed E-state index contributed by atoms with van der Waals surface area (Å²) in [5.74, 6) is -0.757. The summed E-state index contributed by atoms with van der Waals surface area (Å²) in [4.78, 5) is 3.98. The van der Waals surface area contributed by atoms with E-state index in [4.69, 9.17) is 9.47 Å². The van der Waals surface area contributed by atoms with E-state index in [-0.39, 0.29) is 35.2 Å². The van der Waals surface area contributed by atoms with Crippen molar-refractivity contribution >= 4 is 15.7 Å². The average molecular weight is 503 g/mol. The molecule has 2 aliphatic heterocycles. The van der Waals surface area contributed by atoms with E-state index in [0.717, 1.165) is 12.8 Å². The second kappa shape index (κ2) is 8.40. The van der Waals surface area contributed by atoms with Gasteiger partial charge in [0.05, 0.1) is 19.5 Å². The van der Waals surface area contributed by atoms with E-state index in [0.29, 0.717) is 18.9 Å². The number of imidazole rings is 1. The van der Waals surface area contributed by atoms with Crippen molar-refractivity contribution in [2.75, 3.05) is 31.6 Å². The van der Waals surface area contributed by atoms with Gasteiger partial charge in [0.2, 0.25) is 0 Å². The number of rotatable bonds is 6. The molecule has 13 heteroatoms. The Hall–Kier alpha value is -2.35. The molecule has 0 amide bonds. The summed E-state index contributed by atoms with van der Waals surface area (Å²) in [6.07, 6.45) is -0.540. The molecule has 34 heavy (non-hydrogen) atoms. The number of nitrogens with zero attached hydrogens (tertiary/aromatic N) is 3. The number of nitrogens with one attached hydrogen (secondary N) is 1. The van der Waals surface area contributed by atoms with Gasteiger partial charge in [-0.05, 0) is 25.0 Å². The van der Waals surface area contributed by atoms with E-state index in [1.165, 1.54) is 35.0 Å². The van der Waals surface area contributed by atoms with E-state index in [9.17, 15) is 21.6 Å². The highest BCUT2D eigenvalue weighted by molar-refractivity contribution is 7.89. The van der Waals surface area contributed by atoms with Crippen LogP contribution in [0, 0.1) is 11.3 Å². The van der Waals surface area contributed by atoms with Gasteiger partial charge in [0.15, 0.2) is 11.3 Å². The zero-order valence-corrected chi connectivity index (χ0v) is 19.2. The first-order valence-electron chi connectivity index (χ1n) is 10.9. The van der Waals surface area contributed by atoms with E-state index in [1.807, 2.05) is 0 Å². The number of aromatic nitrogens is 2. The molecule has 1 aromatic carbocycles. The lowest BCUT2D eigenvalue weighted by Gasteiger charge is -2.35. The fourth-order valence-corrected chi connectivity index (χ4v) is 5.86. The van der Waals surface area contributed by atoms with Crippen molar-refractivity contribution in [2.24, 2.45) is 18.4 Å². The molecule has 5 rings (SSSR count). The van der Waals surface area contributed by atoms with Gasteiger partial charge in [0, 0.05) is 55.5 Å². The molecule has 3 heterocycles. The number of aryl methyl sites for hydroxylation is 1. The highest BCUT2D eigenvalue weighted by atomic mass is 32.2. The van der Waals surface area contributed by atoms with Crippen molar-refractivity contribution in [3.8, 4) is 5.75 Å². The maximum atomic E-state index is 13.2. The van der Waals surface area contributed by atoms with Gasteiger partial charge >= 0.3 is 6.36 Å². The standard InChI is InChI=1S/C21H25F3N4O5S/c1-27-10-18(25-13-27)34(29,30)28-8-16(19-31-11-20(5-6-20)12-32-19)17(9-28)26-14-3-2-4-15(7-14)33-21(22,23)24/h2-4,7,10,13,16-17,19,26H,5-6,8-9,11-12H2,1H3/t16-,17-/m0/s1. The number of hydrogen-bond acceptors (Lipinski definition) is 7. The quantitative estimate of drug-likeness (QED) is 0.649. The monoisotopic (exact) mass is 502 g/mol. The Morgan fingerprint density at radius 3 is 2.56 bits per heavy atom. The molecule has 1 aliphatic carbocycles. The normalized spacial score (nSPS) is 25.5. The van der Waals surface area contributed by atoms with Crippen molar-refractivity contribution in [2.45, 2.75) is 36.6 Å². The summed E-state index contributed by atoms with van der Waals surface area (Å²) < 4.78 is 83.2. The summed E-state index contributed by atoms with van der Waals surface area (Å²) in [6, 6.07) is 4.98. The number of alkyl halides is 3. The van der Waals surface area contributed by atoms with Gasteiger partial charge in [0.1, 0.15) is 5.75 Å². The van der Waals surface area contributed by atoms with Crippen LogP contribution in [-0.2, 0) is 26.5 Å². The van der Waals surface area contributed by atoms with Gasteiger partial charge in [-0.3, -0.25) is 0 Å². The van der Waals surface area contributed by atoms with Crippen LogP contribution < -0.4 is 10.1 Å². The Morgan fingerprint density at radius 2 is 1.94 bits per heavy atom. The predicted molar refractivity (Wildman–Crippen MR) is 113 cm³/mol. The maximum absolute atomic E-state index is 13.2. The molecule has 2 atom stereocenters. The zero-order chi connectivity index (χ0) is 24.1. The van der Waals surface area contributed by atoms with Crippen LogP contribution in [0.2, 0.25) is 0 Å². The fourth-order valence-electron chi connectivity index (χ4n) is 4.39. The van der Waals surface area contributed by atoms with Crippen molar-refractivity contribution < 1.29 is 35.8 Å². The molecule has 1 N–H and O–H groups in total. The van der Waals surface area contributed by atoms with Crippen LogP contribution in [0.5, 0.6) is 5.75 Å². The Bertz CT molecular complexity index is 1140. The smallest absolute Gasteiger partial charge is 0.406 e. The third-order valence-electron chi connectivity index (χ3n) is 6.45. The van der Waals surface area contributed by atoms with Crippen molar-refractivity contribution in [1.82, 2.24) is 13.9 Å². The number of anilines is 1. The molecular weight excluding hydrogens is 477 g/mol. The molecular formula is C21H25F3N4O5S. The Balaban J connectivity index is 1.37. The zero-order valence-electron chi connectivity index (χ0n) is 18.4. The molecule has 186 valence electrons. The molecule has 2 saturated heterocycles. The highest BCUT2D eigenvalue weighted by Crippen LogP contribution is 2.49. The van der Waals surface area contributed by atoms with Crippen molar-refractivity contribution in [1.29, 1.82) is 0 Å². The SMILES string of the molecule is Cn1cnc(S(=O)(=O)N2C[C@H](Nc3cccc(OC(F)(F)F)c3)[C@@H](C3OCC4(CC4)CO3)C2)c1. The summed E-state index contributed by atoms with van der Waals surface area (Å²) in [7, 11) is -2.20. The van der Waals surface area contributed by atoms with Gasteiger partial charge < -0.3 is 24.1 Å². The number of halogens is 3. The fraction of sp³-hybridized carbons (Fsp3) is 0.571. The number of sulfonamides is 1. The first-order valence-corrected chi connectivity index (χ1v) is 12.3. The van der Waals surface area contributed by atoms with E-state index < -0.39 is 28.7 Å². The average Bonchev–Trinajstić information content (AvgIpc) is 3.15. The van der Waals surface area contributed by atoms with Crippen LogP contribution in [-0.4, -0.2) is 67.3 Å². The third kappa shape index (κ3) is 4.88. The number of ether oxygens (including phenoxy) is 3. The van der Waals surface area contributed by atoms with Gasteiger partial charge in [-0.25, -0.2) is 13.4 Å². The molecule has 3 aliphatic rings. The topological polar surface area (TPSA) is 94.9 Å². The van der Waals surface area contributed by atoms with Crippen LogP contribution in [0.1, 0.15) is 12.8 Å². The van der Waals surface area contributed by atoms with Crippen LogP contribution in [0.15, 0.2) is 41.8 Å². The summed E-state index contributed by atoms with van der Waals surface area (Å²) in [5.41, 5.74) is 0.435. The van der Waals surface area contributed by atoms with E-state index in [1.54, 1.807) is 17.7 Å². The molecule has 2 aromatic rings. The minimum absolute atomic E-state index is 0.0705. The van der Waals surface area contributed by atoms with E-state index >= 15 is 0 Å². The highest BCUT2D eigenvalue weighted by Gasteiger charge is 2.51. The summed E-state index contributed by atoms with van der Waals surface area (Å²) in [6.45, 7) is 1.28. The van der Waals surface area contributed by atoms with Gasteiger partial charge in [-0.2, -0.15) is 4.31 Å². The van der Waals surface area contributed by atoms with E-state index in [2.05, 4.69) is 15.0 Å². The summed E-state index contributed by atoms with van der Waals surface area (Å²) in [5, 5.41) is 3.10. The maximum Gasteiger partial charge on any atom is 0.573 e. The molecule has 1 spiro atoms. The van der Waals surface area contributed by atoms with Gasteiger partial charge in [-0.15, -0.1) is 13.2 Å². The largest absolute Gasteiger partial charge is 0.573 e. The molecule has 9 nitrogen and oxygen atoms in total. The lowest BCUT2D eigenvalue weighted by atomic mass is 10.0. The molecule has 1 aromatic heterocycles. The van der Waals surface area contributed by atoms with Crippen LogP contribution in [0.25, 0.3) is 0 Å². The Kier molecular flexibility index (Phi) is 5.78. The number of hydrogen-bond donors (Lipinski definition) is 1. The Morgan fingerprint density at radius 1 is 1.21 bits per heavy atom. The Labute approximate surface area is 194 Å². The van der Waals surface area contributed by atoms with Crippen molar-refractivity contribution in [3.05, 3.63) is 36.8 Å². The molecule has 0 unspecified atom stereocenters. The predicted octanol–water partition coefficient (Wildman–Crippen LogP) is 2.57. The molecule has 0 radical (unpaired) electrons.